The normalized spacial score (nSPS) is 18.3. The van der Waals surface area contributed by atoms with Crippen LogP contribution in [0.15, 0.2) is 42.9 Å². The Morgan fingerprint density at radius 1 is 0.977 bits per heavy atom. The first-order chi connectivity index (χ1) is 20.9. The Labute approximate surface area is 254 Å². The van der Waals surface area contributed by atoms with Gasteiger partial charge in [0.15, 0.2) is 5.82 Å². The Morgan fingerprint density at radius 3 is 2.44 bits per heavy atom. The molecule has 12 heteroatoms. The second-order valence-electron chi connectivity index (χ2n) is 11.7. The molecule has 43 heavy (non-hydrogen) atoms. The summed E-state index contributed by atoms with van der Waals surface area (Å²) in [5, 5.41) is 9.65. The van der Waals surface area contributed by atoms with Gasteiger partial charge in [0, 0.05) is 62.6 Å². The van der Waals surface area contributed by atoms with E-state index in [0.717, 1.165) is 61.0 Å². The number of anilines is 1. The lowest BCUT2D eigenvalue weighted by molar-refractivity contribution is -0.130. The van der Waals surface area contributed by atoms with Gasteiger partial charge in [-0.25, -0.2) is 9.50 Å². The highest BCUT2D eigenvalue weighted by molar-refractivity contribution is 6.34. The Kier molecular flexibility index (Phi) is 7.30. The first kappa shape index (κ1) is 27.8. The average Bonchev–Trinajstić information content (AvgIpc) is 3.59. The summed E-state index contributed by atoms with van der Waals surface area (Å²) in [5.41, 5.74) is 11.0. The minimum atomic E-state index is -0.0663. The van der Waals surface area contributed by atoms with Gasteiger partial charge in [-0.05, 0) is 62.8 Å². The molecule has 4 aromatic rings. The average molecular weight is 603 g/mol. The molecule has 5 heterocycles. The molecule has 0 radical (unpaired) electrons. The summed E-state index contributed by atoms with van der Waals surface area (Å²) in [7, 11) is 0. The second-order valence-corrected chi connectivity index (χ2v) is 12.1. The van der Waals surface area contributed by atoms with E-state index in [1.54, 1.807) is 23.7 Å². The van der Waals surface area contributed by atoms with Crippen molar-refractivity contribution in [3.8, 4) is 22.5 Å². The second kappa shape index (κ2) is 11.3. The van der Waals surface area contributed by atoms with Crippen molar-refractivity contribution in [2.24, 2.45) is 0 Å². The van der Waals surface area contributed by atoms with Crippen molar-refractivity contribution in [2.75, 3.05) is 32.0 Å². The van der Waals surface area contributed by atoms with Gasteiger partial charge in [-0.2, -0.15) is 10.2 Å². The SMILES string of the molecule is CC(=O)N1CCC(N(C(=O)c2cc(-c3cc(-c4ccnn4C4CCOCC4)c4c(N)ncnn34)ccc2Cl)C2CC2)CC1. The maximum absolute atomic E-state index is 14.2. The lowest BCUT2D eigenvalue weighted by Gasteiger charge is -2.38. The van der Waals surface area contributed by atoms with E-state index in [1.807, 2.05) is 34.1 Å². The van der Waals surface area contributed by atoms with Crippen LogP contribution in [0.4, 0.5) is 5.82 Å². The van der Waals surface area contributed by atoms with Crippen LogP contribution in [0, 0.1) is 0 Å². The number of nitrogens with two attached hydrogens (primary N) is 1. The van der Waals surface area contributed by atoms with E-state index in [-0.39, 0.29) is 29.9 Å². The van der Waals surface area contributed by atoms with Crippen LogP contribution in [-0.2, 0) is 9.53 Å². The first-order valence-corrected chi connectivity index (χ1v) is 15.4. The van der Waals surface area contributed by atoms with Gasteiger partial charge < -0.3 is 20.3 Å². The molecule has 1 aromatic carbocycles. The topological polar surface area (TPSA) is 124 Å². The van der Waals surface area contributed by atoms with Crippen molar-refractivity contribution in [1.82, 2.24) is 34.2 Å². The van der Waals surface area contributed by atoms with E-state index in [1.165, 1.54) is 6.33 Å². The summed E-state index contributed by atoms with van der Waals surface area (Å²) in [6.07, 6.45) is 8.52. The molecule has 2 saturated heterocycles. The number of amides is 2. The molecule has 7 rings (SSSR count). The number of nitrogens with zero attached hydrogens (tertiary/aromatic N) is 7. The molecule has 2 N–H and O–H groups in total. The number of halogens is 1. The zero-order valence-corrected chi connectivity index (χ0v) is 24.9. The minimum Gasteiger partial charge on any atom is -0.382 e. The fourth-order valence-corrected chi connectivity index (χ4v) is 6.84. The van der Waals surface area contributed by atoms with Crippen molar-refractivity contribution >= 4 is 34.7 Å². The number of hydrogen-bond donors (Lipinski definition) is 1. The van der Waals surface area contributed by atoms with E-state index < -0.39 is 0 Å². The standard InChI is InChI=1S/C31H35ClN8O3/c1-19(41)37-12-7-22(8-13-37)38(21-3-4-21)31(42)24-16-20(2-5-26(24)32)28-17-25(29-30(33)34-18-36-40(28)29)27-6-11-35-39(27)23-9-14-43-15-10-23/h2,5-6,11,16-18,21-23H,3-4,7-10,12-15H2,1H3,(H2,33,34,36). The Hall–Kier alpha value is -3.96. The van der Waals surface area contributed by atoms with Gasteiger partial charge in [-0.3, -0.25) is 14.3 Å². The molecule has 3 aromatic heterocycles. The molecule has 1 saturated carbocycles. The van der Waals surface area contributed by atoms with E-state index in [9.17, 15) is 9.59 Å². The lowest BCUT2D eigenvalue weighted by atomic mass is 10.0. The molecular formula is C31H35ClN8O3. The lowest BCUT2D eigenvalue weighted by Crippen LogP contribution is -2.49. The highest BCUT2D eigenvalue weighted by Crippen LogP contribution is 2.39. The van der Waals surface area contributed by atoms with Crippen LogP contribution >= 0.6 is 11.6 Å². The first-order valence-electron chi connectivity index (χ1n) is 15.0. The number of hydrogen-bond acceptors (Lipinski definition) is 7. The summed E-state index contributed by atoms with van der Waals surface area (Å²) in [5.74, 6) is 0.374. The number of fused-ring (bicyclic) bond motifs is 1. The van der Waals surface area contributed by atoms with Gasteiger partial charge in [0.2, 0.25) is 5.91 Å². The highest BCUT2D eigenvalue weighted by Gasteiger charge is 2.40. The molecule has 224 valence electrons. The summed E-state index contributed by atoms with van der Waals surface area (Å²) >= 11 is 6.71. The number of aromatic nitrogens is 5. The Balaban J connectivity index is 1.26. The number of carbonyl (C=O) groups is 2. The Bertz CT molecular complexity index is 1680. The van der Waals surface area contributed by atoms with Crippen LogP contribution in [0.25, 0.3) is 28.0 Å². The third kappa shape index (κ3) is 5.14. The molecule has 0 unspecified atom stereocenters. The van der Waals surface area contributed by atoms with Crippen molar-refractivity contribution < 1.29 is 14.3 Å². The van der Waals surface area contributed by atoms with Gasteiger partial charge in [-0.15, -0.1) is 0 Å². The van der Waals surface area contributed by atoms with Crippen LogP contribution < -0.4 is 5.73 Å². The monoisotopic (exact) mass is 602 g/mol. The van der Waals surface area contributed by atoms with Crippen LogP contribution in [0.3, 0.4) is 0 Å². The predicted molar refractivity (Wildman–Crippen MR) is 163 cm³/mol. The maximum Gasteiger partial charge on any atom is 0.255 e. The molecule has 3 aliphatic rings. The quantitative estimate of drug-likeness (QED) is 0.345. The minimum absolute atomic E-state index is 0.0663. The largest absolute Gasteiger partial charge is 0.382 e. The highest BCUT2D eigenvalue weighted by atomic mass is 35.5. The van der Waals surface area contributed by atoms with Crippen molar-refractivity contribution in [2.45, 2.75) is 63.6 Å². The summed E-state index contributed by atoms with van der Waals surface area (Å²) in [6, 6.07) is 10.1. The van der Waals surface area contributed by atoms with Crippen molar-refractivity contribution in [3.63, 3.8) is 0 Å². The van der Waals surface area contributed by atoms with Gasteiger partial charge >= 0.3 is 0 Å². The van der Waals surface area contributed by atoms with Crippen LogP contribution in [-0.4, -0.2) is 84.4 Å². The van der Waals surface area contributed by atoms with Crippen molar-refractivity contribution in [3.05, 3.63) is 53.4 Å². The maximum atomic E-state index is 14.2. The molecule has 0 atom stereocenters. The Morgan fingerprint density at radius 2 is 1.72 bits per heavy atom. The number of likely N-dealkylation sites (tertiary alicyclic amines) is 1. The van der Waals surface area contributed by atoms with E-state index >= 15 is 0 Å². The summed E-state index contributed by atoms with van der Waals surface area (Å²) < 4.78 is 9.42. The number of benzene rings is 1. The van der Waals surface area contributed by atoms with Gasteiger partial charge in [0.1, 0.15) is 11.8 Å². The number of ether oxygens (including phenoxy) is 1. The molecular weight excluding hydrogens is 568 g/mol. The van der Waals surface area contributed by atoms with Crippen LogP contribution in [0.2, 0.25) is 5.02 Å². The molecule has 1 aliphatic carbocycles. The smallest absolute Gasteiger partial charge is 0.255 e. The van der Waals surface area contributed by atoms with E-state index in [2.05, 4.69) is 19.9 Å². The fourth-order valence-electron chi connectivity index (χ4n) is 6.65. The molecule has 11 nitrogen and oxygen atoms in total. The number of nitrogen functional groups attached to an aromatic ring is 1. The van der Waals surface area contributed by atoms with Crippen LogP contribution in [0.5, 0.6) is 0 Å². The fraction of sp³-hybridized carbons (Fsp3) is 0.452. The molecule has 0 bridgehead atoms. The van der Waals surface area contributed by atoms with E-state index in [4.69, 9.17) is 22.1 Å². The number of carbonyl (C=O) groups excluding carboxylic acids is 2. The van der Waals surface area contributed by atoms with Crippen LogP contribution in [0.1, 0.15) is 61.8 Å². The van der Waals surface area contributed by atoms with Gasteiger partial charge in [0.05, 0.1) is 28.0 Å². The zero-order valence-electron chi connectivity index (χ0n) is 24.2. The number of piperidine rings is 1. The van der Waals surface area contributed by atoms with Gasteiger partial charge in [0.25, 0.3) is 5.91 Å². The van der Waals surface area contributed by atoms with Crippen molar-refractivity contribution in [1.29, 1.82) is 0 Å². The summed E-state index contributed by atoms with van der Waals surface area (Å²) in [4.78, 5) is 34.2. The molecule has 3 fully saturated rings. The molecule has 2 amide bonds. The third-order valence-corrected chi connectivity index (χ3v) is 9.37. The third-order valence-electron chi connectivity index (χ3n) is 9.04. The van der Waals surface area contributed by atoms with E-state index in [0.29, 0.717) is 48.2 Å². The molecule has 2 aliphatic heterocycles. The number of rotatable bonds is 6. The molecule has 0 spiro atoms. The summed E-state index contributed by atoms with van der Waals surface area (Å²) in [6.45, 7) is 4.32. The predicted octanol–water partition coefficient (Wildman–Crippen LogP) is 4.46. The zero-order chi connectivity index (χ0) is 29.7. The van der Waals surface area contributed by atoms with Gasteiger partial charge in [-0.1, -0.05) is 17.7 Å².